The summed E-state index contributed by atoms with van der Waals surface area (Å²) in [6, 6.07) is 17.9. The fourth-order valence-corrected chi connectivity index (χ4v) is 3.82. The van der Waals surface area contributed by atoms with Gasteiger partial charge >= 0.3 is 6.03 Å². The van der Waals surface area contributed by atoms with Gasteiger partial charge in [-0.1, -0.05) is 36.4 Å². The number of rotatable bonds is 5. The van der Waals surface area contributed by atoms with Gasteiger partial charge in [-0.05, 0) is 43.5 Å². The first-order valence-corrected chi connectivity index (χ1v) is 9.95. The van der Waals surface area contributed by atoms with E-state index in [-0.39, 0.29) is 12.1 Å². The van der Waals surface area contributed by atoms with E-state index in [1.165, 1.54) is 24.1 Å². The molecular formula is C23H27N3O2. The number of amides is 2. The molecule has 1 unspecified atom stereocenters. The summed E-state index contributed by atoms with van der Waals surface area (Å²) in [6.45, 7) is 4.71. The highest BCUT2D eigenvalue weighted by Gasteiger charge is 2.20. The molecule has 1 N–H and O–H groups in total. The van der Waals surface area contributed by atoms with Crippen molar-refractivity contribution in [2.75, 3.05) is 25.0 Å². The normalized spacial score (nSPS) is 15.0. The van der Waals surface area contributed by atoms with Crippen LogP contribution in [0.4, 0.5) is 10.5 Å². The maximum absolute atomic E-state index is 12.7. The lowest BCUT2D eigenvalue weighted by molar-refractivity contribution is 0.202. The SMILES string of the molecule is CC(NC(=O)N(C)Cc1ccccc1N1CCCC1)c1cc2ccccc2o1. The molecule has 2 heterocycles. The average Bonchev–Trinajstić information content (AvgIpc) is 3.38. The molecular weight excluding hydrogens is 350 g/mol. The van der Waals surface area contributed by atoms with Crippen molar-refractivity contribution in [1.29, 1.82) is 0 Å². The molecule has 4 rings (SSSR count). The quantitative estimate of drug-likeness (QED) is 0.685. The number of nitrogens with one attached hydrogen (secondary N) is 1. The van der Waals surface area contributed by atoms with Crippen molar-refractivity contribution >= 4 is 22.7 Å². The number of carbonyl (C=O) groups excluding carboxylic acids is 1. The van der Waals surface area contributed by atoms with Gasteiger partial charge in [-0.3, -0.25) is 0 Å². The van der Waals surface area contributed by atoms with Crippen molar-refractivity contribution in [3.63, 3.8) is 0 Å². The zero-order chi connectivity index (χ0) is 19.5. The van der Waals surface area contributed by atoms with Crippen LogP contribution >= 0.6 is 0 Å². The number of hydrogen-bond acceptors (Lipinski definition) is 3. The molecule has 1 atom stereocenters. The van der Waals surface area contributed by atoms with Crippen LogP contribution in [0, 0.1) is 0 Å². The molecule has 1 fully saturated rings. The first-order chi connectivity index (χ1) is 13.6. The van der Waals surface area contributed by atoms with Gasteiger partial charge in [0.2, 0.25) is 0 Å². The fraction of sp³-hybridized carbons (Fsp3) is 0.348. The lowest BCUT2D eigenvalue weighted by Crippen LogP contribution is -2.38. The van der Waals surface area contributed by atoms with E-state index in [4.69, 9.17) is 4.42 Å². The second-order valence-corrected chi connectivity index (χ2v) is 7.54. The molecule has 146 valence electrons. The van der Waals surface area contributed by atoms with Gasteiger partial charge in [0.1, 0.15) is 11.3 Å². The van der Waals surface area contributed by atoms with Crippen LogP contribution in [-0.2, 0) is 6.54 Å². The zero-order valence-electron chi connectivity index (χ0n) is 16.5. The van der Waals surface area contributed by atoms with Crippen molar-refractivity contribution in [2.45, 2.75) is 32.4 Å². The number of nitrogens with zero attached hydrogens (tertiary/aromatic N) is 2. The molecule has 0 bridgehead atoms. The molecule has 1 aliphatic heterocycles. The van der Waals surface area contributed by atoms with Gasteiger partial charge in [-0.15, -0.1) is 0 Å². The highest BCUT2D eigenvalue weighted by Crippen LogP contribution is 2.26. The van der Waals surface area contributed by atoms with E-state index < -0.39 is 0 Å². The third kappa shape index (κ3) is 3.84. The molecule has 28 heavy (non-hydrogen) atoms. The maximum atomic E-state index is 12.7. The highest BCUT2D eigenvalue weighted by atomic mass is 16.3. The van der Waals surface area contributed by atoms with Crippen LogP contribution < -0.4 is 10.2 Å². The molecule has 3 aromatic rings. The van der Waals surface area contributed by atoms with Gasteiger partial charge in [0.25, 0.3) is 0 Å². The predicted molar refractivity (Wildman–Crippen MR) is 113 cm³/mol. The molecule has 2 amide bonds. The number of para-hydroxylation sites is 2. The second-order valence-electron chi connectivity index (χ2n) is 7.54. The summed E-state index contributed by atoms with van der Waals surface area (Å²) in [5.74, 6) is 0.764. The van der Waals surface area contributed by atoms with E-state index in [1.54, 1.807) is 4.90 Å². The molecule has 1 aliphatic rings. The molecule has 0 saturated carbocycles. The molecule has 1 aromatic heterocycles. The highest BCUT2D eigenvalue weighted by molar-refractivity contribution is 5.78. The number of urea groups is 1. The summed E-state index contributed by atoms with van der Waals surface area (Å²) in [6.07, 6.45) is 2.47. The van der Waals surface area contributed by atoms with E-state index in [0.717, 1.165) is 29.8 Å². The monoisotopic (exact) mass is 377 g/mol. The van der Waals surface area contributed by atoms with E-state index in [0.29, 0.717) is 6.54 Å². The third-order valence-corrected chi connectivity index (χ3v) is 5.40. The number of fused-ring (bicyclic) bond motifs is 1. The fourth-order valence-electron chi connectivity index (χ4n) is 3.82. The van der Waals surface area contributed by atoms with Crippen LogP contribution in [0.2, 0.25) is 0 Å². The minimum absolute atomic E-state index is 0.107. The van der Waals surface area contributed by atoms with Crippen LogP contribution in [0.15, 0.2) is 59.0 Å². The molecule has 0 aliphatic carbocycles. The molecule has 2 aromatic carbocycles. The topological polar surface area (TPSA) is 48.7 Å². The molecule has 5 heteroatoms. The van der Waals surface area contributed by atoms with Gasteiger partial charge in [-0.25, -0.2) is 4.79 Å². The molecule has 5 nitrogen and oxygen atoms in total. The van der Waals surface area contributed by atoms with Gasteiger partial charge in [-0.2, -0.15) is 0 Å². The summed E-state index contributed by atoms with van der Waals surface area (Å²) >= 11 is 0. The summed E-state index contributed by atoms with van der Waals surface area (Å²) in [5, 5.41) is 4.09. The minimum Gasteiger partial charge on any atom is -0.459 e. The van der Waals surface area contributed by atoms with E-state index in [2.05, 4.69) is 28.4 Å². The van der Waals surface area contributed by atoms with Crippen LogP contribution in [0.1, 0.15) is 37.1 Å². The zero-order valence-corrected chi connectivity index (χ0v) is 16.5. The van der Waals surface area contributed by atoms with Crippen molar-refractivity contribution < 1.29 is 9.21 Å². The van der Waals surface area contributed by atoms with E-state index in [1.807, 2.05) is 50.4 Å². The van der Waals surface area contributed by atoms with E-state index >= 15 is 0 Å². The Balaban J connectivity index is 1.42. The van der Waals surface area contributed by atoms with Crippen molar-refractivity contribution in [3.8, 4) is 0 Å². The van der Waals surface area contributed by atoms with Crippen molar-refractivity contribution in [2.24, 2.45) is 0 Å². The Bertz CT molecular complexity index is 926. The average molecular weight is 377 g/mol. The standard InChI is InChI=1S/C23H27N3O2/c1-17(22-15-18-9-4-6-12-21(18)28-22)24-23(27)25(2)16-19-10-3-5-11-20(19)26-13-7-8-14-26/h3-6,9-12,15,17H,7-8,13-14,16H2,1-2H3,(H,24,27). The minimum atomic E-state index is -0.198. The molecule has 1 saturated heterocycles. The maximum Gasteiger partial charge on any atom is 0.318 e. The van der Waals surface area contributed by atoms with Gasteiger partial charge in [0, 0.05) is 37.8 Å². The smallest absolute Gasteiger partial charge is 0.318 e. The number of furan rings is 1. The first kappa shape index (κ1) is 18.4. The van der Waals surface area contributed by atoms with Gasteiger partial charge < -0.3 is 19.5 Å². The number of benzene rings is 2. The van der Waals surface area contributed by atoms with Crippen LogP contribution in [0.5, 0.6) is 0 Å². The third-order valence-electron chi connectivity index (χ3n) is 5.40. The first-order valence-electron chi connectivity index (χ1n) is 9.95. The van der Waals surface area contributed by atoms with Crippen LogP contribution in [0.25, 0.3) is 11.0 Å². The summed E-state index contributed by atoms with van der Waals surface area (Å²) in [4.78, 5) is 16.9. The number of carbonyl (C=O) groups is 1. The van der Waals surface area contributed by atoms with Gasteiger partial charge in [0.05, 0.1) is 6.04 Å². The summed E-state index contributed by atoms with van der Waals surface area (Å²) in [5.41, 5.74) is 3.26. The van der Waals surface area contributed by atoms with Crippen LogP contribution in [-0.4, -0.2) is 31.1 Å². The second kappa shape index (κ2) is 7.97. The van der Waals surface area contributed by atoms with E-state index in [9.17, 15) is 4.79 Å². The predicted octanol–water partition coefficient (Wildman–Crippen LogP) is 4.94. The number of hydrogen-bond donors (Lipinski definition) is 1. The van der Waals surface area contributed by atoms with Crippen molar-refractivity contribution in [1.82, 2.24) is 10.2 Å². The Labute approximate surface area is 165 Å². The van der Waals surface area contributed by atoms with Crippen LogP contribution in [0.3, 0.4) is 0 Å². The Morgan fingerprint density at radius 2 is 1.86 bits per heavy atom. The van der Waals surface area contributed by atoms with Crippen molar-refractivity contribution in [3.05, 3.63) is 65.9 Å². The summed E-state index contributed by atoms with van der Waals surface area (Å²) in [7, 11) is 1.83. The molecule has 0 spiro atoms. The Hall–Kier alpha value is -2.95. The molecule has 0 radical (unpaired) electrons. The Morgan fingerprint density at radius 3 is 2.64 bits per heavy atom. The van der Waals surface area contributed by atoms with Gasteiger partial charge in [0.15, 0.2) is 0 Å². The lowest BCUT2D eigenvalue weighted by Gasteiger charge is -2.25. The summed E-state index contributed by atoms with van der Waals surface area (Å²) < 4.78 is 5.88. The Kier molecular flexibility index (Phi) is 5.24. The largest absolute Gasteiger partial charge is 0.459 e. The Morgan fingerprint density at radius 1 is 1.14 bits per heavy atom. The lowest BCUT2D eigenvalue weighted by atomic mass is 10.1. The number of anilines is 1.